The summed E-state index contributed by atoms with van der Waals surface area (Å²) in [5, 5.41) is 2.96. The molecule has 2 aromatic carbocycles. The van der Waals surface area contributed by atoms with Gasteiger partial charge in [0.25, 0.3) is 0 Å². The molecular formula is C17H20N2O. The van der Waals surface area contributed by atoms with Crippen LogP contribution in [0.3, 0.4) is 0 Å². The van der Waals surface area contributed by atoms with Crippen LogP contribution in [-0.4, -0.2) is 11.9 Å². The molecule has 3 N–H and O–H groups in total. The smallest absolute Gasteiger partial charge is 0.241 e. The molecule has 0 aliphatic heterocycles. The minimum absolute atomic E-state index is 0.0552. The van der Waals surface area contributed by atoms with E-state index in [9.17, 15) is 4.79 Å². The summed E-state index contributed by atoms with van der Waals surface area (Å²) in [5.74, 6) is -0.139. The van der Waals surface area contributed by atoms with Crippen LogP contribution in [0.2, 0.25) is 0 Å². The Morgan fingerprint density at radius 3 is 2.20 bits per heavy atom. The van der Waals surface area contributed by atoms with Crippen LogP contribution in [0.15, 0.2) is 60.7 Å². The molecule has 20 heavy (non-hydrogen) atoms. The third-order valence-electron chi connectivity index (χ3n) is 3.21. The first-order chi connectivity index (χ1) is 9.66. The van der Waals surface area contributed by atoms with E-state index in [1.807, 2.05) is 55.5 Å². The molecular weight excluding hydrogens is 248 g/mol. The molecule has 0 aliphatic rings. The summed E-state index contributed by atoms with van der Waals surface area (Å²) in [4.78, 5) is 12.1. The lowest BCUT2D eigenvalue weighted by Crippen LogP contribution is -2.40. The van der Waals surface area contributed by atoms with E-state index in [1.54, 1.807) is 0 Å². The summed E-state index contributed by atoms with van der Waals surface area (Å²) in [6.45, 7) is 1.99. The average molecular weight is 268 g/mol. The summed E-state index contributed by atoms with van der Waals surface area (Å²) in [6.07, 6.45) is 0.800. The van der Waals surface area contributed by atoms with Crippen molar-refractivity contribution >= 4 is 5.91 Å². The molecule has 0 radical (unpaired) electrons. The Balaban J connectivity index is 1.91. The second-order valence-electron chi connectivity index (χ2n) is 4.99. The minimum atomic E-state index is -0.616. The van der Waals surface area contributed by atoms with Crippen LogP contribution in [-0.2, 0) is 11.2 Å². The van der Waals surface area contributed by atoms with Gasteiger partial charge in [-0.3, -0.25) is 4.79 Å². The third kappa shape index (κ3) is 3.93. The van der Waals surface area contributed by atoms with Crippen LogP contribution in [0.1, 0.15) is 24.1 Å². The molecule has 0 saturated heterocycles. The monoisotopic (exact) mass is 268 g/mol. The standard InChI is InChI=1S/C17H20N2O/c1-13(12-14-8-4-2-5-9-14)19-17(20)16(18)15-10-6-3-7-11-15/h2-11,13,16H,12,18H2,1H3,(H,19,20)/t13?,16-/m0/s1. The predicted molar refractivity (Wildman–Crippen MR) is 81.1 cm³/mol. The van der Waals surface area contributed by atoms with Gasteiger partial charge in [-0.2, -0.15) is 0 Å². The maximum atomic E-state index is 12.1. The first-order valence-corrected chi connectivity index (χ1v) is 6.81. The number of hydrogen-bond acceptors (Lipinski definition) is 2. The van der Waals surface area contributed by atoms with E-state index in [-0.39, 0.29) is 11.9 Å². The van der Waals surface area contributed by atoms with Crippen LogP contribution >= 0.6 is 0 Å². The van der Waals surface area contributed by atoms with Crippen molar-refractivity contribution in [2.45, 2.75) is 25.4 Å². The SMILES string of the molecule is CC(Cc1ccccc1)NC(=O)[C@@H](N)c1ccccc1. The van der Waals surface area contributed by atoms with E-state index in [0.717, 1.165) is 12.0 Å². The van der Waals surface area contributed by atoms with Gasteiger partial charge in [0.2, 0.25) is 5.91 Å². The van der Waals surface area contributed by atoms with Crippen LogP contribution in [0, 0.1) is 0 Å². The van der Waals surface area contributed by atoms with Crippen LogP contribution in [0.4, 0.5) is 0 Å². The van der Waals surface area contributed by atoms with Crippen molar-refractivity contribution in [3.05, 3.63) is 71.8 Å². The zero-order chi connectivity index (χ0) is 14.4. The van der Waals surface area contributed by atoms with Gasteiger partial charge < -0.3 is 11.1 Å². The molecule has 1 amide bonds. The maximum Gasteiger partial charge on any atom is 0.241 e. The number of benzene rings is 2. The summed E-state index contributed by atoms with van der Waals surface area (Å²) < 4.78 is 0. The maximum absolute atomic E-state index is 12.1. The second-order valence-corrected chi connectivity index (χ2v) is 4.99. The summed E-state index contributed by atoms with van der Waals surface area (Å²) >= 11 is 0. The Labute approximate surface area is 119 Å². The second kappa shape index (κ2) is 6.87. The summed E-state index contributed by atoms with van der Waals surface area (Å²) in [7, 11) is 0. The Bertz CT molecular complexity index is 539. The third-order valence-corrected chi connectivity index (χ3v) is 3.21. The number of carbonyl (C=O) groups is 1. The normalized spacial score (nSPS) is 13.5. The van der Waals surface area contributed by atoms with Crippen molar-refractivity contribution in [3.63, 3.8) is 0 Å². The fraction of sp³-hybridized carbons (Fsp3) is 0.235. The van der Waals surface area contributed by atoms with E-state index in [1.165, 1.54) is 5.56 Å². The lowest BCUT2D eigenvalue weighted by molar-refractivity contribution is -0.123. The van der Waals surface area contributed by atoms with Crippen LogP contribution in [0.25, 0.3) is 0 Å². The number of hydrogen-bond donors (Lipinski definition) is 2. The van der Waals surface area contributed by atoms with Crippen LogP contribution in [0.5, 0.6) is 0 Å². The van der Waals surface area contributed by atoms with Gasteiger partial charge in [0, 0.05) is 6.04 Å². The molecule has 0 saturated carbocycles. The van der Waals surface area contributed by atoms with Gasteiger partial charge >= 0.3 is 0 Å². The molecule has 3 heteroatoms. The van der Waals surface area contributed by atoms with Crippen molar-refractivity contribution in [1.82, 2.24) is 5.32 Å². The average Bonchev–Trinajstić information content (AvgIpc) is 2.48. The zero-order valence-corrected chi connectivity index (χ0v) is 11.6. The van der Waals surface area contributed by atoms with Gasteiger partial charge in [0.15, 0.2) is 0 Å². The minimum Gasteiger partial charge on any atom is -0.352 e. The number of amides is 1. The van der Waals surface area contributed by atoms with E-state index < -0.39 is 6.04 Å². The first kappa shape index (κ1) is 14.3. The Morgan fingerprint density at radius 2 is 1.60 bits per heavy atom. The number of nitrogens with one attached hydrogen (secondary N) is 1. The lowest BCUT2D eigenvalue weighted by atomic mass is 10.0. The molecule has 0 heterocycles. The highest BCUT2D eigenvalue weighted by Gasteiger charge is 2.17. The molecule has 0 fully saturated rings. The van der Waals surface area contributed by atoms with Crippen molar-refractivity contribution in [3.8, 4) is 0 Å². The van der Waals surface area contributed by atoms with Gasteiger partial charge in [0.1, 0.15) is 6.04 Å². The molecule has 104 valence electrons. The van der Waals surface area contributed by atoms with Crippen LogP contribution < -0.4 is 11.1 Å². The largest absolute Gasteiger partial charge is 0.352 e. The van der Waals surface area contributed by atoms with Gasteiger partial charge in [-0.25, -0.2) is 0 Å². The van der Waals surface area contributed by atoms with E-state index in [2.05, 4.69) is 17.4 Å². The molecule has 0 aliphatic carbocycles. The van der Waals surface area contributed by atoms with Crippen molar-refractivity contribution < 1.29 is 4.79 Å². The molecule has 0 aromatic heterocycles. The molecule has 0 bridgehead atoms. The highest BCUT2D eigenvalue weighted by molar-refractivity contribution is 5.83. The van der Waals surface area contributed by atoms with Gasteiger partial charge in [-0.15, -0.1) is 0 Å². The van der Waals surface area contributed by atoms with Gasteiger partial charge in [-0.05, 0) is 24.5 Å². The molecule has 0 spiro atoms. The van der Waals surface area contributed by atoms with Crippen molar-refractivity contribution in [2.75, 3.05) is 0 Å². The topological polar surface area (TPSA) is 55.1 Å². The molecule has 2 rings (SSSR count). The summed E-state index contributed by atoms with van der Waals surface area (Å²) in [5.41, 5.74) is 8.00. The molecule has 2 aromatic rings. The van der Waals surface area contributed by atoms with Crippen molar-refractivity contribution in [1.29, 1.82) is 0 Å². The highest BCUT2D eigenvalue weighted by atomic mass is 16.2. The molecule has 2 atom stereocenters. The molecule has 1 unspecified atom stereocenters. The fourth-order valence-electron chi connectivity index (χ4n) is 2.16. The summed E-state index contributed by atoms with van der Waals surface area (Å²) in [6, 6.07) is 18.9. The molecule has 3 nitrogen and oxygen atoms in total. The number of rotatable bonds is 5. The quantitative estimate of drug-likeness (QED) is 0.875. The van der Waals surface area contributed by atoms with E-state index >= 15 is 0 Å². The number of nitrogens with two attached hydrogens (primary N) is 1. The van der Waals surface area contributed by atoms with Gasteiger partial charge in [-0.1, -0.05) is 60.7 Å². The predicted octanol–water partition coefficient (Wildman–Crippen LogP) is 2.43. The van der Waals surface area contributed by atoms with Crippen molar-refractivity contribution in [2.24, 2.45) is 5.73 Å². The zero-order valence-electron chi connectivity index (χ0n) is 11.6. The van der Waals surface area contributed by atoms with E-state index in [0.29, 0.717) is 0 Å². The Morgan fingerprint density at radius 1 is 1.05 bits per heavy atom. The Kier molecular flexibility index (Phi) is 4.91. The van der Waals surface area contributed by atoms with Gasteiger partial charge in [0.05, 0.1) is 0 Å². The highest BCUT2D eigenvalue weighted by Crippen LogP contribution is 2.10. The van der Waals surface area contributed by atoms with E-state index in [4.69, 9.17) is 5.73 Å². The fourth-order valence-corrected chi connectivity index (χ4v) is 2.16. The Hall–Kier alpha value is -2.13. The lowest BCUT2D eigenvalue weighted by Gasteiger charge is -2.18. The first-order valence-electron chi connectivity index (χ1n) is 6.81. The number of carbonyl (C=O) groups excluding carboxylic acids is 1.